The number of nitrogens with one attached hydrogen (secondary N) is 6. The molecule has 0 spiro atoms. The Balaban J connectivity index is 1.76. The Labute approximate surface area is 219 Å². The third-order valence-electron chi connectivity index (χ3n) is 5.94. The van der Waals surface area contributed by atoms with Gasteiger partial charge >= 0.3 is 0 Å². The molecule has 6 N–H and O–H groups in total. The van der Waals surface area contributed by atoms with Gasteiger partial charge in [0.2, 0.25) is 17.7 Å². The number of aromatic nitrogens is 1. The van der Waals surface area contributed by atoms with Crippen LogP contribution in [-0.4, -0.2) is 60.4 Å². The molecule has 0 radical (unpaired) electrons. The maximum atomic E-state index is 13.4. The molecule has 1 aromatic heterocycles. The Kier molecular flexibility index (Phi) is 10.2. The lowest BCUT2D eigenvalue weighted by Crippen LogP contribution is -2.55. The summed E-state index contributed by atoms with van der Waals surface area (Å²) in [5.74, 6) is -2.44. The number of halogens is 1. The van der Waals surface area contributed by atoms with Crippen LogP contribution >= 0.6 is 0 Å². The first-order valence-corrected chi connectivity index (χ1v) is 12.2. The number of Topliss-reactive ketones (excluding diaryl/α,β-unsaturated/α-hetero) is 1. The fraction of sp³-hybridized carbons (Fsp3) is 0.296. The second-order valence-corrected chi connectivity index (χ2v) is 8.77. The van der Waals surface area contributed by atoms with Gasteiger partial charge in [0.05, 0.1) is 12.8 Å². The van der Waals surface area contributed by atoms with Crippen LogP contribution in [0.4, 0.5) is 4.39 Å². The van der Waals surface area contributed by atoms with E-state index in [1.165, 1.54) is 24.3 Å². The summed E-state index contributed by atoms with van der Waals surface area (Å²) in [7, 11) is 1.61. The van der Waals surface area contributed by atoms with Crippen molar-refractivity contribution in [3.63, 3.8) is 0 Å². The normalized spacial score (nSPS) is 12.4. The second-order valence-electron chi connectivity index (χ2n) is 8.77. The third kappa shape index (κ3) is 8.07. The highest BCUT2D eigenvalue weighted by molar-refractivity contribution is 6.26. The van der Waals surface area contributed by atoms with Gasteiger partial charge in [-0.05, 0) is 42.8 Å². The first kappa shape index (κ1) is 28.2. The molecule has 2 atom stereocenters. The summed E-state index contributed by atoms with van der Waals surface area (Å²) in [5, 5.41) is 18.8. The van der Waals surface area contributed by atoms with Gasteiger partial charge in [-0.25, -0.2) is 4.39 Å². The van der Waals surface area contributed by atoms with Crippen LogP contribution in [0, 0.1) is 11.2 Å². The van der Waals surface area contributed by atoms with E-state index in [2.05, 4.69) is 26.3 Å². The van der Waals surface area contributed by atoms with E-state index in [0.29, 0.717) is 11.8 Å². The number of likely N-dealkylation sites (N-methyl/N-ethyl adjacent to an activating group) is 1. The Morgan fingerprint density at radius 1 is 1.00 bits per heavy atom. The highest BCUT2D eigenvalue weighted by Gasteiger charge is 2.28. The van der Waals surface area contributed by atoms with Gasteiger partial charge in [0.1, 0.15) is 17.9 Å². The zero-order valence-corrected chi connectivity index (χ0v) is 21.0. The van der Waals surface area contributed by atoms with E-state index in [4.69, 9.17) is 5.41 Å². The minimum absolute atomic E-state index is 0.00686. The Morgan fingerprint density at radius 3 is 2.45 bits per heavy atom. The van der Waals surface area contributed by atoms with Crippen molar-refractivity contribution in [1.29, 1.82) is 5.41 Å². The Hall–Kier alpha value is -4.38. The van der Waals surface area contributed by atoms with Crippen LogP contribution in [0.25, 0.3) is 10.9 Å². The number of benzene rings is 2. The summed E-state index contributed by atoms with van der Waals surface area (Å²) in [6.07, 6.45) is 2.42. The van der Waals surface area contributed by atoms with E-state index in [0.717, 1.165) is 16.5 Å². The lowest BCUT2D eigenvalue weighted by atomic mass is 10.0. The Bertz CT molecular complexity index is 1290. The zero-order chi connectivity index (χ0) is 27.5. The molecule has 0 fully saturated rings. The molecule has 0 unspecified atom stereocenters. The van der Waals surface area contributed by atoms with Crippen molar-refractivity contribution < 1.29 is 23.6 Å². The van der Waals surface area contributed by atoms with Gasteiger partial charge in [0, 0.05) is 36.5 Å². The number of hydrogen-bond donors (Lipinski definition) is 6. The second kappa shape index (κ2) is 13.8. The van der Waals surface area contributed by atoms with E-state index in [1.54, 1.807) is 13.2 Å². The predicted molar refractivity (Wildman–Crippen MR) is 141 cm³/mol. The maximum absolute atomic E-state index is 13.4. The van der Waals surface area contributed by atoms with E-state index < -0.39 is 41.4 Å². The molecule has 3 amide bonds. The van der Waals surface area contributed by atoms with Crippen molar-refractivity contribution in [3.8, 4) is 0 Å². The molecule has 10 nitrogen and oxygen atoms in total. The molecular formula is C27H31FN6O4. The standard InChI is InChI=1S/C27H31FN6O4/c1-30-16-25(36)33-24(12-18-15-31-22-5-3-2-4-21(18)22)27(38)34-23(11-10-20(35)13-29)26(37)32-14-17-6-8-19(28)9-7-17/h2-9,13,15,23-24,29-31H,10-12,14,16H2,1H3,(H,32,37)(H,33,36)(H,34,38)/t23-,24-/m0/s1. The minimum atomic E-state index is -1.10. The molecule has 2 aromatic carbocycles. The molecule has 0 aliphatic carbocycles. The fourth-order valence-corrected chi connectivity index (χ4v) is 3.95. The number of hydrogen-bond acceptors (Lipinski definition) is 6. The number of para-hydroxylation sites is 1. The van der Waals surface area contributed by atoms with Crippen LogP contribution in [0.2, 0.25) is 0 Å². The highest BCUT2D eigenvalue weighted by Crippen LogP contribution is 2.19. The molecule has 200 valence electrons. The van der Waals surface area contributed by atoms with Gasteiger partial charge < -0.3 is 31.7 Å². The Morgan fingerprint density at radius 2 is 1.74 bits per heavy atom. The first-order chi connectivity index (χ1) is 18.3. The molecular weight excluding hydrogens is 491 g/mol. The predicted octanol–water partition coefficient (Wildman–Crippen LogP) is 1.35. The molecule has 3 aromatic rings. The van der Waals surface area contributed by atoms with Gasteiger partial charge in [-0.3, -0.25) is 19.2 Å². The average molecular weight is 523 g/mol. The van der Waals surface area contributed by atoms with Gasteiger partial charge in [-0.1, -0.05) is 30.3 Å². The first-order valence-electron chi connectivity index (χ1n) is 12.2. The van der Waals surface area contributed by atoms with Crippen LogP contribution in [0.5, 0.6) is 0 Å². The van der Waals surface area contributed by atoms with E-state index in [9.17, 15) is 23.6 Å². The molecule has 1 heterocycles. The van der Waals surface area contributed by atoms with Crippen LogP contribution in [0.1, 0.15) is 24.0 Å². The number of rotatable bonds is 14. The van der Waals surface area contributed by atoms with Crippen molar-refractivity contribution in [2.45, 2.75) is 37.9 Å². The molecule has 0 bridgehead atoms. The van der Waals surface area contributed by atoms with Crippen LogP contribution in [0.3, 0.4) is 0 Å². The third-order valence-corrected chi connectivity index (χ3v) is 5.94. The fourth-order valence-electron chi connectivity index (χ4n) is 3.95. The zero-order valence-electron chi connectivity index (χ0n) is 21.0. The lowest BCUT2D eigenvalue weighted by molar-refractivity contribution is -0.132. The smallest absolute Gasteiger partial charge is 0.243 e. The molecule has 0 aliphatic heterocycles. The minimum Gasteiger partial charge on any atom is -0.361 e. The monoisotopic (exact) mass is 522 g/mol. The molecule has 0 saturated carbocycles. The van der Waals surface area contributed by atoms with Crippen LogP contribution in [-0.2, 0) is 32.1 Å². The van der Waals surface area contributed by atoms with E-state index >= 15 is 0 Å². The van der Waals surface area contributed by atoms with Crippen molar-refractivity contribution in [2.75, 3.05) is 13.6 Å². The van der Waals surface area contributed by atoms with Crippen molar-refractivity contribution in [2.24, 2.45) is 0 Å². The van der Waals surface area contributed by atoms with Crippen molar-refractivity contribution in [1.82, 2.24) is 26.3 Å². The van der Waals surface area contributed by atoms with Gasteiger partial charge in [0.25, 0.3) is 0 Å². The molecule has 0 aliphatic rings. The summed E-state index contributed by atoms with van der Waals surface area (Å²) in [5.41, 5.74) is 2.34. The average Bonchev–Trinajstić information content (AvgIpc) is 3.32. The quantitative estimate of drug-likeness (QED) is 0.176. The molecule has 3 rings (SSSR count). The lowest BCUT2D eigenvalue weighted by Gasteiger charge is -2.23. The van der Waals surface area contributed by atoms with E-state index in [-0.39, 0.29) is 32.4 Å². The van der Waals surface area contributed by atoms with Gasteiger partial charge in [0.15, 0.2) is 5.78 Å². The highest BCUT2D eigenvalue weighted by atomic mass is 19.1. The number of fused-ring (bicyclic) bond motifs is 1. The van der Waals surface area contributed by atoms with Crippen LogP contribution < -0.4 is 21.3 Å². The number of ketones is 1. The number of carbonyl (C=O) groups is 4. The summed E-state index contributed by atoms with van der Waals surface area (Å²) in [6.45, 7) is 0.0781. The topological polar surface area (TPSA) is 156 Å². The van der Waals surface area contributed by atoms with Gasteiger partial charge in [-0.2, -0.15) is 0 Å². The maximum Gasteiger partial charge on any atom is 0.243 e. The summed E-state index contributed by atoms with van der Waals surface area (Å²) in [6, 6.07) is 11.0. The van der Waals surface area contributed by atoms with Crippen LogP contribution in [0.15, 0.2) is 54.7 Å². The molecule has 11 heteroatoms. The number of H-pyrrole nitrogens is 1. The van der Waals surface area contributed by atoms with Crippen molar-refractivity contribution in [3.05, 3.63) is 71.7 Å². The largest absolute Gasteiger partial charge is 0.361 e. The van der Waals surface area contributed by atoms with Gasteiger partial charge in [-0.15, -0.1) is 0 Å². The van der Waals surface area contributed by atoms with E-state index in [1.807, 2.05) is 24.3 Å². The number of carbonyl (C=O) groups excluding carboxylic acids is 4. The summed E-state index contributed by atoms with van der Waals surface area (Å²) >= 11 is 0. The molecule has 0 saturated heterocycles. The molecule has 38 heavy (non-hydrogen) atoms. The number of amides is 3. The summed E-state index contributed by atoms with van der Waals surface area (Å²) in [4.78, 5) is 53.6. The van der Waals surface area contributed by atoms with Crippen molar-refractivity contribution >= 4 is 40.6 Å². The number of aromatic amines is 1. The summed E-state index contributed by atoms with van der Waals surface area (Å²) < 4.78 is 13.2. The SMILES string of the molecule is CNCC(=O)N[C@@H](Cc1c[nH]c2ccccc12)C(=O)N[C@@H](CCC(=O)C=N)C(=O)NCc1ccc(F)cc1.